The lowest BCUT2D eigenvalue weighted by Gasteiger charge is -2.38. The van der Waals surface area contributed by atoms with Crippen molar-refractivity contribution >= 4 is 21.4 Å². The molecule has 1 aromatic heterocycles. The van der Waals surface area contributed by atoms with Crippen molar-refractivity contribution in [3.05, 3.63) is 52.7 Å². The lowest BCUT2D eigenvalue weighted by molar-refractivity contribution is 0.148. The summed E-state index contributed by atoms with van der Waals surface area (Å²) in [4.78, 5) is 3.09. The number of aryl methyl sites for hydroxylation is 1. The normalized spacial score (nSPS) is 20.7. The Morgan fingerprint density at radius 1 is 1.13 bits per heavy atom. The van der Waals surface area contributed by atoms with E-state index in [-0.39, 0.29) is 11.9 Å². The van der Waals surface area contributed by atoms with Gasteiger partial charge in [0.2, 0.25) is 0 Å². The minimum absolute atomic E-state index is 0.0693. The van der Waals surface area contributed by atoms with Gasteiger partial charge in [-0.2, -0.15) is 4.31 Å². The average molecular weight is 354 g/mol. The van der Waals surface area contributed by atoms with Gasteiger partial charge in [0.25, 0.3) is 10.0 Å². The fourth-order valence-electron chi connectivity index (χ4n) is 2.79. The summed E-state index contributed by atoms with van der Waals surface area (Å²) in [5, 5.41) is 0. The molecule has 3 rings (SSSR count). The van der Waals surface area contributed by atoms with Crippen LogP contribution in [-0.2, 0) is 10.0 Å². The monoisotopic (exact) mass is 354 g/mol. The molecule has 23 heavy (non-hydrogen) atoms. The van der Waals surface area contributed by atoms with E-state index in [0.29, 0.717) is 23.8 Å². The summed E-state index contributed by atoms with van der Waals surface area (Å²) >= 11 is 1.30. The summed E-state index contributed by atoms with van der Waals surface area (Å²) in [5.74, 6) is -0.286. The van der Waals surface area contributed by atoms with Crippen LogP contribution in [0.25, 0.3) is 0 Å². The number of sulfonamides is 1. The van der Waals surface area contributed by atoms with Crippen LogP contribution >= 0.6 is 11.3 Å². The van der Waals surface area contributed by atoms with Crippen molar-refractivity contribution < 1.29 is 12.8 Å². The number of rotatable bonds is 3. The molecule has 1 aliphatic rings. The Labute approximate surface area is 140 Å². The molecule has 1 atom stereocenters. The summed E-state index contributed by atoms with van der Waals surface area (Å²) in [6.45, 7) is 3.38. The maximum Gasteiger partial charge on any atom is 0.252 e. The third-order valence-corrected chi connectivity index (χ3v) is 7.51. The Hall–Kier alpha value is -1.28. The van der Waals surface area contributed by atoms with Crippen LogP contribution < -0.4 is 0 Å². The predicted molar refractivity (Wildman–Crippen MR) is 89.6 cm³/mol. The number of likely N-dealkylation sites (N-methyl/N-ethyl adjacent to an activating group) is 1. The van der Waals surface area contributed by atoms with Gasteiger partial charge in [-0.15, -0.1) is 11.3 Å². The lowest BCUT2D eigenvalue weighted by atomic mass is 10.0. The summed E-state index contributed by atoms with van der Waals surface area (Å²) in [5.41, 5.74) is 0.927. The van der Waals surface area contributed by atoms with Crippen LogP contribution in [0.4, 0.5) is 4.39 Å². The van der Waals surface area contributed by atoms with Crippen LogP contribution in [0.3, 0.4) is 0 Å². The van der Waals surface area contributed by atoms with E-state index in [2.05, 4.69) is 4.90 Å². The zero-order chi connectivity index (χ0) is 16.6. The highest BCUT2D eigenvalue weighted by molar-refractivity contribution is 7.91. The topological polar surface area (TPSA) is 40.6 Å². The highest BCUT2D eigenvalue weighted by atomic mass is 32.2. The summed E-state index contributed by atoms with van der Waals surface area (Å²) in [7, 11) is -1.50. The number of benzene rings is 1. The molecule has 0 radical (unpaired) electrons. The van der Waals surface area contributed by atoms with Crippen LogP contribution in [0, 0.1) is 12.7 Å². The number of halogens is 1. The van der Waals surface area contributed by atoms with Crippen molar-refractivity contribution in [2.24, 2.45) is 0 Å². The molecular formula is C16H19FN2O2S2. The van der Waals surface area contributed by atoms with Gasteiger partial charge in [0.05, 0.1) is 0 Å². The summed E-state index contributed by atoms with van der Waals surface area (Å²) in [6.07, 6.45) is 0. The number of thiophene rings is 1. The number of hydrogen-bond acceptors (Lipinski definition) is 4. The second kappa shape index (κ2) is 6.32. The van der Waals surface area contributed by atoms with Gasteiger partial charge in [0, 0.05) is 30.6 Å². The number of piperazine rings is 1. The van der Waals surface area contributed by atoms with Crippen LogP contribution in [0.5, 0.6) is 0 Å². The molecule has 124 valence electrons. The van der Waals surface area contributed by atoms with Gasteiger partial charge in [-0.05, 0) is 43.8 Å². The summed E-state index contributed by atoms with van der Waals surface area (Å²) < 4.78 is 40.6. The SMILES string of the molecule is Cc1ccc(S(=O)(=O)N2CCN(C)C(c3ccc(F)cc3)C2)s1. The minimum atomic E-state index is -3.46. The molecule has 1 saturated heterocycles. The molecular weight excluding hydrogens is 335 g/mol. The first-order valence-electron chi connectivity index (χ1n) is 7.40. The zero-order valence-electron chi connectivity index (χ0n) is 13.1. The van der Waals surface area contributed by atoms with E-state index in [1.165, 1.54) is 27.8 Å². The molecule has 1 unspecified atom stereocenters. The zero-order valence-corrected chi connectivity index (χ0v) is 14.7. The molecule has 2 aromatic rings. The second-order valence-electron chi connectivity index (χ2n) is 5.78. The highest BCUT2D eigenvalue weighted by Gasteiger charge is 2.34. The van der Waals surface area contributed by atoms with E-state index in [0.717, 1.165) is 10.4 Å². The minimum Gasteiger partial charge on any atom is -0.297 e. The van der Waals surface area contributed by atoms with Crippen molar-refractivity contribution in [2.75, 3.05) is 26.7 Å². The van der Waals surface area contributed by atoms with Crippen molar-refractivity contribution in [1.82, 2.24) is 9.21 Å². The fourth-order valence-corrected chi connectivity index (χ4v) is 5.67. The third kappa shape index (κ3) is 3.33. The van der Waals surface area contributed by atoms with Gasteiger partial charge in [-0.25, -0.2) is 12.8 Å². The third-order valence-electron chi connectivity index (χ3n) is 4.18. The Morgan fingerprint density at radius 2 is 1.83 bits per heavy atom. The Balaban J connectivity index is 1.86. The smallest absolute Gasteiger partial charge is 0.252 e. The molecule has 0 amide bonds. The maximum atomic E-state index is 13.1. The maximum absolute atomic E-state index is 13.1. The molecule has 1 aromatic carbocycles. The first-order valence-corrected chi connectivity index (χ1v) is 9.66. The van der Waals surface area contributed by atoms with E-state index < -0.39 is 10.0 Å². The first-order chi connectivity index (χ1) is 10.9. The molecule has 1 aliphatic heterocycles. The van der Waals surface area contributed by atoms with E-state index >= 15 is 0 Å². The van der Waals surface area contributed by atoms with Crippen molar-refractivity contribution in [3.8, 4) is 0 Å². The molecule has 0 aliphatic carbocycles. The molecule has 0 spiro atoms. The standard InChI is InChI=1S/C16H19FN2O2S2/c1-12-3-8-16(22-12)23(20,21)19-10-9-18(2)15(11-19)13-4-6-14(17)7-5-13/h3-8,15H,9-11H2,1-2H3. The van der Waals surface area contributed by atoms with Crippen molar-refractivity contribution in [2.45, 2.75) is 17.2 Å². The second-order valence-corrected chi connectivity index (χ2v) is 9.23. The number of nitrogens with zero attached hydrogens (tertiary/aromatic N) is 2. The molecule has 7 heteroatoms. The Bertz CT molecular complexity index is 787. The van der Waals surface area contributed by atoms with Crippen LogP contribution in [0.2, 0.25) is 0 Å². The van der Waals surface area contributed by atoms with Gasteiger partial charge in [-0.1, -0.05) is 12.1 Å². The quantitative estimate of drug-likeness (QED) is 0.851. The Kier molecular flexibility index (Phi) is 4.55. The highest BCUT2D eigenvalue weighted by Crippen LogP contribution is 2.30. The van der Waals surface area contributed by atoms with E-state index in [1.807, 2.05) is 20.0 Å². The van der Waals surface area contributed by atoms with E-state index in [4.69, 9.17) is 0 Å². The van der Waals surface area contributed by atoms with Gasteiger partial charge >= 0.3 is 0 Å². The number of hydrogen-bond donors (Lipinski definition) is 0. The van der Waals surface area contributed by atoms with Crippen LogP contribution in [-0.4, -0.2) is 44.3 Å². The van der Waals surface area contributed by atoms with Gasteiger partial charge in [-0.3, -0.25) is 4.90 Å². The largest absolute Gasteiger partial charge is 0.297 e. The van der Waals surface area contributed by atoms with Crippen LogP contribution in [0.1, 0.15) is 16.5 Å². The fraction of sp³-hybridized carbons (Fsp3) is 0.375. The lowest BCUT2D eigenvalue weighted by Crippen LogP contribution is -2.48. The molecule has 2 heterocycles. The van der Waals surface area contributed by atoms with Crippen molar-refractivity contribution in [3.63, 3.8) is 0 Å². The van der Waals surface area contributed by atoms with E-state index in [1.54, 1.807) is 18.2 Å². The van der Waals surface area contributed by atoms with Crippen LogP contribution in [0.15, 0.2) is 40.6 Å². The first kappa shape index (κ1) is 16.6. The van der Waals surface area contributed by atoms with Gasteiger partial charge in [0.15, 0.2) is 0 Å². The van der Waals surface area contributed by atoms with Gasteiger partial charge in [0.1, 0.15) is 10.0 Å². The predicted octanol–water partition coefficient (Wildman–Crippen LogP) is 2.87. The van der Waals surface area contributed by atoms with Crippen molar-refractivity contribution in [1.29, 1.82) is 0 Å². The van der Waals surface area contributed by atoms with E-state index in [9.17, 15) is 12.8 Å². The molecule has 0 bridgehead atoms. The average Bonchev–Trinajstić information content (AvgIpc) is 2.96. The molecule has 0 N–H and O–H groups in total. The molecule has 0 saturated carbocycles. The summed E-state index contributed by atoms with van der Waals surface area (Å²) in [6, 6.07) is 9.70. The van der Waals surface area contributed by atoms with Gasteiger partial charge < -0.3 is 0 Å². The molecule has 1 fully saturated rings. The molecule has 4 nitrogen and oxygen atoms in total. The Morgan fingerprint density at radius 3 is 2.43 bits per heavy atom.